The summed E-state index contributed by atoms with van der Waals surface area (Å²) in [5.74, 6) is 0. The van der Waals surface area contributed by atoms with Gasteiger partial charge in [0.1, 0.15) is 0 Å². The summed E-state index contributed by atoms with van der Waals surface area (Å²) >= 11 is 3.12. The van der Waals surface area contributed by atoms with Gasteiger partial charge in [-0.1, -0.05) is 0 Å². The fourth-order valence-electron chi connectivity index (χ4n) is 0.291. The first kappa shape index (κ1) is 4.27. The first-order chi connectivity index (χ1) is 2.89. The van der Waals surface area contributed by atoms with Crippen molar-refractivity contribution in [1.82, 2.24) is 0 Å². The lowest BCUT2D eigenvalue weighted by molar-refractivity contribution is 0.182. The van der Waals surface area contributed by atoms with E-state index in [0.717, 1.165) is 0 Å². The quantitative estimate of drug-likeness (QED) is 0.369. The molecule has 0 amide bonds. The molecule has 0 spiro atoms. The molecule has 0 fully saturated rings. The van der Waals surface area contributed by atoms with Crippen LogP contribution in [-0.4, -0.2) is 18.0 Å². The normalized spacial score (nSPS) is 31.8. The standard InChI is InChI=1S/C3H4BrNO/c4-3-5-1-2-6-3/h1,3H,2H2. The Morgan fingerprint density at radius 2 is 2.83 bits per heavy atom. The molecule has 1 rings (SSSR count). The van der Waals surface area contributed by atoms with E-state index in [-0.39, 0.29) is 5.14 Å². The van der Waals surface area contributed by atoms with E-state index in [2.05, 4.69) is 20.9 Å². The molecule has 0 radical (unpaired) electrons. The van der Waals surface area contributed by atoms with Crippen LogP contribution in [0.2, 0.25) is 0 Å². The van der Waals surface area contributed by atoms with Gasteiger partial charge in [-0.3, -0.25) is 4.99 Å². The number of halogens is 1. The van der Waals surface area contributed by atoms with Crippen LogP contribution in [0.15, 0.2) is 4.99 Å². The van der Waals surface area contributed by atoms with Gasteiger partial charge < -0.3 is 4.74 Å². The van der Waals surface area contributed by atoms with Gasteiger partial charge >= 0.3 is 0 Å². The van der Waals surface area contributed by atoms with Gasteiger partial charge in [-0.05, 0) is 15.9 Å². The molecule has 34 valence electrons. The minimum absolute atomic E-state index is 0.0718. The minimum atomic E-state index is -0.0718. The molecule has 1 unspecified atom stereocenters. The SMILES string of the molecule is BrC1N=CCO1. The van der Waals surface area contributed by atoms with Gasteiger partial charge in [-0.25, -0.2) is 0 Å². The van der Waals surface area contributed by atoms with Crippen LogP contribution < -0.4 is 0 Å². The predicted octanol–water partition coefficient (Wildman–Crippen LogP) is 0.766. The fraction of sp³-hybridized carbons (Fsp3) is 0.667. The Labute approximate surface area is 44.3 Å². The highest BCUT2D eigenvalue weighted by Gasteiger charge is 2.01. The third-order valence-corrected chi connectivity index (χ3v) is 1.03. The van der Waals surface area contributed by atoms with Crippen molar-refractivity contribution >= 4 is 22.1 Å². The predicted molar refractivity (Wildman–Crippen MR) is 27.2 cm³/mol. The monoisotopic (exact) mass is 149 g/mol. The zero-order valence-corrected chi connectivity index (χ0v) is 4.68. The van der Waals surface area contributed by atoms with E-state index in [9.17, 15) is 0 Å². The van der Waals surface area contributed by atoms with Crippen molar-refractivity contribution in [2.75, 3.05) is 6.61 Å². The van der Waals surface area contributed by atoms with Crippen LogP contribution in [0.1, 0.15) is 0 Å². The third kappa shape index (κ3) is 0.786. The van der Waals surface area contributed by atoms with Gasteiger partial charge in [0, 0.05) is 6.21 Å². The topological polar surface area (TPSA) is 21.6 Å². The summed E-state index contributed by atoms with van der Waals surface area (Å²) in [7, 11) is 0. The second-order valence-corrected chi connectivity index (χ2v) is 1.74. The molecule has 1 atom stereocenters. The maximum Gasteiger partial charge on any atom is 0.204 e. The molecule has 1 heterocycles. The van der Waals surface area contributed by atoms with E-state index < -0.39 is 0 Å². The first-order valence-electron chi connectivity index (χ1n) is 1.67. The molecule has 2 nitrogen and oxygen atoms in total. The van der Waals surface area contributed by atoms with E-state index in [1.165, 1.54) is 0 Å². The lowest BCUT2D eigenvalue weighted by atomic mass is 10.8. The van der Waals surface area contributed by atoms with Crippen molar-refractivity contribution in [3.05, 3.63) is 0 Å². The van der Waals surface area contributed by atoms with Crippen molar-refractivity contribution < 1.29 is 4.74 Å². The summed E-state index contributed by atoms with van der Waals surface area (Å²) in [6.07, 6.45) is 1.74. The Hall–Kier alpha value is 0.110. The molecule has 0 aromatic heterocycles. The van der Waals surface area contributed by atoms with Gasteiger partial charge in [0.05, 0.1) is 6.61 Å². The van der Waals surface area contributed by atoms with Crippen LogP contribution in [0.4, 0.5) is 0 Å². The highest BCUT2D eigenvalue weighted by atomic mass is 79.9. The van der Waals surface area contributed by atoms with Gasteiger partial charge in [-0.15, -0.1) is 0 Å². The Morgan fingerprint density at radius 1 is 2.00 bits per heavy atom. The van der Waals surface area contributed by atoms with Crippen molar-refractivity contribution in [3.8, 4) is 0 Å². The molecule has 0 N–H and O–H groups in total. The summed E-state index contributed by atoms with van der Waals surface area (Å²) < 4.78 is 4.85. The van der Waals surface area contributed by atoms with E-state index in [1.807, 2.05) is 0 Å². The molecular formula is C3H4BrNO. The van der Waals surface area contributed by atoms with E-state index in [4.69, 9.17) is 4.74 Å². The van der Waals surface area contributed by atoms with Crippen LogP contribution in [0.5, 0.6) is 0 Å². The molecule has 0 saturated carbocycles. The molecule has 0 aromatic carbocycles. The second-order valence-electron chi connectivity index (χ2n) is 0.957. The lowest BCUT2D eigenvalue weighted by Crippen LogP contribution is -1.90. The van der Waals surface area contributed by atoms with E-state index in [0.29, 0.717) is 6.61 Å². The number of rotatable bonds is 0. The summed E-state index contributed by atoms with van der Waals surface area (Å²) in [5.41, 5.74) is 0. The summed E-state index contributed by atoms with van der Waals surface area (Å²) in [6.45, 7) is 0.649. The maximum atomic E-state index is 4.85. The number of ether oxygens (including phenoxy) is 1. The zero-order chi connectivity index (χ0) is 4.41. The zero-order valence-electron chi connectivity index (χ0n) is 3.10. The van der Waals surface area contributed by atoms with E-state index >= 15 is 0 Å². The van der Waals surface area contributed by atoms with Gasteiger partial charge in [-0.2, -0.15) is 0 Å². The van der Waals surface area contributed by atoms with E-state index in [1.54, 1.807) is 6.21 Å². The summed E-state index contributed by atoms with van der Waals surface area (Å²) in [4.78, 5) is 3.81. The maximum absolute atomic E-state index is 4.85. The molecule has 6 heavy (non-hydrogen) atoms. The summed E-state index contributed by atoms with van der Waals surface area (Å²) in [6, 6.07) is 0. The Balaban J connectivity index is 2.38. The molecule has 1 aliphatic heterocycles. The molecule has 0 aromatic rings. The average molecular weight is 150 g/mol. The number of aliphatic imine (C=N–C) groups is 1. The van der Waals surface area contributed by atoms with Crippen molar-refractivity contribution in [3.63, 3.8) is 0 Å². The van der Waals surface area contributed by atoms with Gasteiger partial charge in [0.15, 0.2) is 0 Å². The highest BCUT2D eigenvalue weighted by molar-refractivity contribution is 9.09. The fourth-order valence-corrected chi connectivity index (χ4v) is 0.611. The van der Waals surface area contributed by atoms with Crippen LogP contribution in [0.3, 0.4) is 0 Å². The van der Waals surface area contributed by atoms with Crippen LogP contribution in [0.25, 0.3) is 0 Å². The smallest absolute Gasteiger partial charge is 0.204 e. The first-order valence-corrected chi connectivity index (χ1v) is 2.58. The van der Waals surface area contributed by atoms with Crippen molar-refractivity contribution in [2.45, 2.75) is 5.14 Å². The number of alkyl halides is 1. The Bertz CT molecular complexity index is 73.2. The van der Waals surface area contributed by atoms with Gasteiger partial charge in [0.2, 0.25) is 5.14 Å². The third-order valence-electron chi connectivity index (χ3n) is 0.531. The minimum Gasteiger partial charge on any atom is -0.341 e. The number of hydrogen-bond donors (Lipinski definition) is 0. The van der Waals surface area contributed by atoms with Crippen LogP contribution in [-0.2, 0) is 4.74 Å². The van der Waals surface area contributed by atoms with Gasteiger partial charge in [0.25, 0.3) is 0 Å². The lowest BCUT2D eigenvalue weighted by Gasteiger charge is -1.90. The van der Waals surface area contributed by atoms with Crippen molar-refractivity contribution in [2.24, 2.45) is 4.99 Å². The van der Waals surface area contributed by atoms with Crippen LogP contribution >= 0.6 is 15.9 Å². The second kappa shape index (κ2) is 1.71. The van der Waals surface area contributed by atoms with Crippen LogP contribution in [0, 0.1) is 0 Å². The molecular weight excluding hydrogens is 146 g/mol. The molecule has 0 saturated heterocycles. The molecule has 3 heteroatoms. The highest BCUT2D eigenvalue weighted by Crippen LogP contribution is 2.05. The number of hydrogen-bond acceptors (Lipinski definition) is 2. The number of nitrogens with zero attached hydrogens (tertiary/aromatic N) is 1. The Kier molecular flexibility index (Phi) is 1.22. The molecule has 1 aliphatic rings. The molecule has 0 bridgehead atoms. The summed E-state index contributed by atoms with van der Waals surface area (Å²) in [5, 5.41) is -0.0718. The van der Waals surface area contributed by atoms with Crippen molar-refractivity contribution in [1.29, 1.82) is 0 Å². The largest absolute Gasteiger partial charge is 0.341 e. The Morgan fingerprint density at radius 3 is 3.00 bits per heavy atom. The average Bonchev–Trinajstić information content (AvgIpc) is 1.86. The molecule has 0 aliphatic carbocycles.